The van der Waals surface area contributed by atoms with Gasteiger partial charge in [-0.05, 0) is 24.1 Å². The summed E-state index contributed by atoms with van der Waals surface area (Å²) in [5.74, 6) is 0.714. The molecule has 2 N–H and O–H groups in total. The third kappa shape index (κ3) is 4.05. The van der Waals surface area contributed by atoms with Crippen LogP contribution in [-0.4, -0.2) is 22.4 Å². The molecule has 2 rings (SSSR count). The molecule has 0 unspecified atom stereocenters. The van der Waals surface area contributed by atoms with Gasteiger partial charge in [0.15, 0.2) is 0 Å². The van der Waals surface area contributed by atoms with Crippen LogP contribution in [0.2, 0.25) is 0 Å². The van der Waals surface area contributed by atoms with Crippen LogP contribution in [0.25, 0.3) is 0 Å². The molecule has 0 aliphatic carbocycles. The van der Waals surface area contributed by atoms with Gasteiger partial charge in [-0.25, -0.2) is 9.97 Å². The van der Waals surface area contributed by atoms with E-state index in [1.54, 1.807) is 12.3 Å². The van der Waals surface area contributed by atoms with Crippen molar-refractivity contribution in [1.29, 1.82) is 0 Å². The topological polar surface area (TPSA) is 66.9 Å². The SMILES string of the molecule is CC(C)CNc1nccc(C(=O)Nc2ccccc2)n1. The van der Waals surface area contributed by atoms with Gasteiger partial charge in [-0.2, -0.15) is 0 Å². The number of nitrogens with one attached hydrogen (secondary N) is 2. The molecule has 0 bridgehead atoms. The zero-order valence-corrected chi connectivity index (χ0v) is 11.6. The van der Waals surface area contributed by atoms with Gasteiger partial charge in [-0.15, -0.1) is 0 Å². The highest BCUT2D eigenvalue weighted by molar-refractivity contribution is 6.02. The van der Waals surface area contributed by atoms with E-state index < -0.39 is 0 Å². The molecular weight excluding hydrogens is 252 g/mol. The highest BCUT2D eigenvalue weighted by Gasteiger charge is 2.09. The van der Waals surface area contributed by atoms with Crippen molar-refractivity contribution >= 4 is 17.5 Å². The molecular formula is C15H18N4O. The second-order valence-electron chi connectivity index (χ2n) is 4.86. The number of anilines is 2. The van der Waals surface area contributed by atoms with Crippen LogP contribution in [0.4, 0.5) is 11.6 Å². The molecule has 104 valence electrons. The summed E-state index contributed by atoms with van der Waals surface area (Å²) in [5.41, 5.74) is 1.09. The molecule has 5 heteroatoms. The van der Waals surface area contributed by atoms with Crippen molar-refractivity contribution in [2.45, 2.75) is 13.8 Å². The molecule has 1 aromatic heterocycles. The van der Waals surface area contributed by atoms with Crippen LogP contribution in [0.15, 0.2) is 42.6 Å². The summed E-state index contributed by atoms with van der Waals surface area (Å²) < 4.78 is 0. The fourth-order valence-corrected chi connectivity index (χ4v) is 1.58. The lowest BCUT2D eigenvalue weighted by molar-refractivity contribution is 0.102. The maximum Gasteiger partial charge on any atom is 0.274 e. The van der Waals surface area contributed by atoms with E-state index in [-0.39, 0.29) is 5.91 Å². The number of hydrogen-bond acceptors (Lipinski definition) is 4. The van der Waals surface area contributed by atoms with E-state index in [9.17, 15) is 4.79 Å². The molecule has 5 nitrogen and oxygen atoms in total. The highest BCUT2D eigenvalue weighted by atomic mass is 16.1. The van der Waals surface area contributed by atoms with Gasteiger partial charge in [0.25, 0.3) is 5.91 Å². The van der Waals surface area contributed by atoms with Gasteiger partial charge in [-0.3, -0.25) is 4.79 Å². The fourth-order valence-electron chi connectivity index (χ4n) is 1.58. The normalized spacial score (nSPS) is 10.3. The number of nitrogens with zero attached hydrogens (tertiary/aromatic N) is 2. The number of amides is 1. The molecule has 2 aromatic rings. The van der Waals surface area contributed by atoms with Crippen LogP contribution < -0.4 is 10.6 Å². The maximum absolute atomic E-state index is 12.1. The number of rotatable bonds is 5. The van der Waals surface area contributed by atoms with Crippen LogP contribution >= 0.6 is 0 Å². The molecule has 1 aromatic carbocycles. The lowest BCUT2D eigenvalue weighted by atomic mass is 10.2. The highest BCUT2D eigenvalue weighted by Crippen LogP contribution is 2.08. The molecule has 0 aliphatic heterocycles. The Kier molecular flexibility index (Phi) is 4.65. The van der Waals surface area contributed by atoms with Crippen LogP contribution in [-0.2, 0) is 0 Å². The van der Waals surface area contributed by atoms with Crippen molar-refractivity contribution in [1.82, 2.24) is 9.97 Å². The molecule has 20 heavy (non-hydrogen) atoms. The second-order valence-corrected chi connectivity index (χ2v) is 4.86. The van der Waals surface area contributed by atoms with Gasteiger partial charge in [0.2, 0.25) is 5.95 Å². The minimum atomic E-state index is -0.244. The van der Waals surface area contributed by atoms with Gasteiger partial charge >= 0.3 is 0 Å². The number of aromatic nitrogens is 2. The van der Waals surface area contributed by atoms with Crippen molar-refractivity contribution in [2.24, 2.45) is 5.92 Å². The molecule has 1 amide bonds. The Balaban J connectivity index is 2.04. The Morgan fingerprint density at radius 2 is 1.95 bits per heavy atom. The first-order chi connectivity index (χ1) is 9.65. The minimum absolute atomic E-state index is 0.244. The molecule has 0 radical (unpaired) electrons. The summed E-state index contributed by atoms with van der Waals surface area (Å²) >= 11 is 0. The van der Waals surface area contributed by atoms with E-state index >= 15 is 0 Å². The average molecular weight is 270 g/mol. The maximum atomic E-state index is 12.1. The lowest BCUT2D eigenvalue weighted by Crippen LogP contribution is -2.16. The summed E-state index contributed by atoms with van der Waals surface area (Å²) in [7, 11) is 0. The van der Waals surface area contributed by atoms with Crippen molar-refractivity contribution in [3.05, 3.63) is 48.3 Å². The summed E-state index contributed by atoms with van der Waals surface area (Å²) in [6.45, 7) is 4.96. The summed E-state index contributed by atoms with van der Waals surface area (Å²) in [4.78, 5) is 20.4. The predicted octanol–water partition coefficient (Wildman–Crippen LogP) is 2.80. The third-order valence-electron chi connectivity index (χ3n) is 2.59. The molecule has 0 saturated heterocycles. The molecule has 0 saturated carbocycles. The number of para-hydroxylation sites is 1. The zero-order valence-electron chi connectivity index (χ0n) is 11.6. The average Bonchev–Trinajstić information content (AvgIpc) is 2.46. The fraction of sp³-hybridized carbons (Fsp3) is 0.267. The van der Waals surface area contributed by atoms with Gasteiger partial charge in [-0.1, -0.05) is 32.0 Å². The number of hydrogen-bond donors (Lipinski definition) is 2. The predicted molar refractivity (Wildman–Crippen MR) is 79.8 cm³/mol. The first-order valence-electron chi connectivity index (χ1n) is 6.58. The Morgan fingerprint density at radius 3 is 2.65 bits per heavy atom. The molecule has 0 fully saturated rings. The second kappa shape index (κ2) is 6.65. The largest absolute Gasteiger partial charge is 0.354 e. The van der Waals surface area contributed by atoms with Gasteiger partial charge in [0, 0.05) is 18.4 Å². The van der Waals surface area contributed by atoms with Gasteiger partial charge in [0.1, 0.15) is 5.69 Å². The Labute approximate surface area is 118 Å². The minimum Gasteiger partial charge on any atom is -0.354 e. The summed E-state index contributed by atoms with van der Waals surface area (Å²) in [5, 5.41) is 5.89. The number of benzene rings is 1. The van der Waals surface area contributed by atoms with Gasteiger partial charge in [0.05, 0.1) is 0 Å². The van der Waals surface area contributed by atoms with E-state index in [2.05, 4.69) is 34.4 Å². The smallest absolute Gasteiger partial charge is 0.274 e. The van der Waals surface area contributed by atoms with Crippen LogP contribution in [0.3, 0.4) is 0 Å². The third-order valence-corrected chi connectivity index (χ3v) is 2.59. The lowest BCUT2D eigenvalue weighted by Gasteiger charge is -2.08. The quantitative estimate of drug-likeness (QED) is 0.876. The van der Waals surface area contributed by atoms with E-state index in [0.29, 0.717) is 17.6 Å². The Hall–Kier alpha value is -2.43. The van der Waals surface area contributed by atoms with Crippen LogP contribution in [0, 0.1) is 5.92 Å². The first-order valence-corrected chi connectivity index (χ1v) is 6.58. The van der Waals surface area contributed by atoms with Crippen LogP contribution in [0.1, 0.15) is 24.3 Å². The van der Waals surface area contributed by atoms with E-state index in [4.69, 9.17) is 0 Å². The molecule has 0 atom stereocenters. The molecule has 1 heterocycles. The van der Waals surface area contributed by atoms with Crippen molar-refractivity contribution in [2.75, 3.05) is 17.2 Å². The van der Waals surface area contributed by atoms with E-state index in [0.717, 1.165) is 12.2 Å². The van der Waals surface area contributed by atoms with Gasteiger partial charge < -0.3 is 10.6 Å². The van der Waals surface area contributed by atoms with Crippen molar-refractivity contribution < 1.29 is 4.79 Å². The molecule has 0 aliphatic rings. The first kappa shape index (κ1) is 14.0. The molecule has 0 spiro atoms. The summed E-state index contributed by atoms with van der Waals surface area (Å²) in [6.07, 6.45) is 1.58. The Morgan fingerprint density at radius 1 is 1.20 bits per heavy atom. The van der Waals surface area contributed by atoms with Crippen molar-refractivity contribution in [3.8, 4) is 0 Å². The standard InChI is InChI=1S/C15H18N4O/c1-11(2)10-17-15-16-9-8-13(19-15)14(20)18-12-6-4-3-5-7-12/h3-9,11H,10H2,1-2H3,(H,18,20)(H,16,17,19). The van der Waals surface area contributed by atoms with E-state index in [1.165, 1.54) is 0 Å². The number of carbonyl (C=O) groups is 1. The monoisotopic (exact) mass is 270 g/mol. The zero-order chi connectivity index (χ0) is 14.4. The van der Waals surface area contributed by atoms with Crippen molar-refractivity contribution in [3.63, 3.8) is 0 Å². The summed E-state index contributed by atoms with van der Waals surface area (Å²) in [6, 6.07) is 10.9. The van der Waals surface area contributed by atoms with E-state index in [1.807, 2.05) is 30.3 Å². The number of carbonyl (C=O) groups excluding carboxylic acids is 1. The van der Waals surface area contributed by atoms with Crippen LogP contribution in [0.5, 0.6) is 0 Å². The Bertz CT molecular complexity index is 569.